The molecule has 100 valence electrons. The highest BCUT2D eigenvalue weighted by Gasteiger charge is 2.33. The number of hydrogen-bond donors (Lipinski definition) is 2. The molecule has 4 heteroatoms. The zero-order valence-electron chi connectivity index (χ0n) is 10.9. The number of benzene rings is 1. The summed E-state index contributed by atoms with van der Waals surface area (Å²) < 4.78 is 0. The molecule has 0 atom stereocenters. The van der Waals surface area contributed by atoms with Crippen molar-refractivity contribution in [2.75, 3.05) is 13.1 Å². The topological polar surface area (TPSA) is 52.1 Å². The van der Waals surface area contributed by atoms with E-state index in [0.717, 1.165) is 43.7 Å². The van der Waals surface area contributed by atoms with Gasteiger partial charge in [0.2, 0.25) is 0 Å². The van der Waals surface area contributed by atoms with Crippen LogP contribution in [0.15, 0.2) is 42.6 Å². The molecule has 1 aliphatic rings. The minimum Gasteiger partial charge on any atom is -0.385 e. The molecule has 1 fully saturated rings. The van der Waals surface area contributed by atoms with Gasteiger partial charge in [0.15, 0.2) is 0 Å². The number of aromatic nitrogens is 2. The lowest BCUT2D eigenvalue weighted by molar-refractivity contribution is -0.0279. The highest BCUT2D eigenvalue weighted by atomic mass is 16.3. The summed E-state index contributed by atoms with van der Waals surface area (Å²) in [5.74, 6) is 0. The lowest BCUT2D eigenvalue weighted by Gasteiger charge is -2.38. The van der Waals surface area contributed by atoms with Crippen LogP contribution in [0.2, 0.25) is 0 Å². The Balaban J connectivity index is 1.63. The molecule has 2 heterocycles. The minimum absolute atomic E-state index is 0.661. The van der Waals surface area contributed by atoms with Crippen LogP contribution in [0.5, 0.6) is 0 Å². The number of nitrogens with zero attached hydrogens (tertiary/aromatic N) is 2. The number of piperidine rings is 1. The van der Waals surface area contributed by atoms with E-state index in [9.17, 15) is 5.11 Å². The second-order valence-corrected chi connectivity index (χ2v) is 5.26. The first-order valence-corrected chi connectivity index (χ1v) is 6.75. The lowest BCUT2D eigenvalue weighted by atomic mass is 9.84. The largest absolute Gasteiger partial charge is 0.385 e. The monoisotopic (exact) mass is 257 g/mol. The highest BCUT2D eigenvalue weighted by Crippen LogP contribution is 2.32. The average Bonchev–Trinajstić information content (AvgIpc) is 2.96. The summed E-state index contributed by atoms with van der Waals surface area (Å²) in [7, 11) is 0. The van der Waals surface area contributed by atoms with Crippen LogP contribution >= 0.6 is 0 Å². The summed E-state index contributed by atoms with van der Waals surface area (Å²) in [4.78, 5) is 2.35. The summed E-state index contributed by atoms with van der Waals surface area (Å²) in [6.45, 7) is 2.69. The Kier molecular flexibility index (Phi) is 3.36. The van der Waals surface area contributed by atoms with Crippen LogP contribution in [0.25, 0.3) is 0 Å². The third-order valence-electron chi connectivity index (χ3n) is 3.95. The molecule has 1 aromatic carbocycles. The van der Waals surface area contributed by atoms with Crippen molar-refractivity contribution in [1.82, 2.24) is 15.1 Å². The van der Waals surface area contributed by atoms with Gasteiger partial charge in [0.1, 0.15) is 0 Å². The highest BCUT2D eigenvalue weighted by molar-refractivity contribution is 5.23. The van der Waals surface area contributed by atoms with Crippen molar-refractivity contribution in [2.24, 2.45) is 0 Å². The summed E-state index contributed by atoms with van der Waals surface area (Å²) in [6, 6.07) is 12.0. The van der Waals surface area contributed by atoms with E-state index in [4.69, 9.17) is 0 Å². The molecule has 0 saturated carbocycles. The summed E-state index contributed by atoms with van der Waals surface area (Å²) >= 11 is 0. The van der Waals surface area contributed by atoms with Crippen molar-refractivity contribution < 1.29 is 5.11 Å². The van der Waals surface area contributed by atoms with Gasteiger partial charge in [0.25, 0.3) is 0 Å². The standard InChI is InChI=1S/C15H19N3O/c19-15(13-4-2-1-3-5-13)7-10-18(11-8-15)12-14-6-9-16-17-14/h1-6,9,19H,7-8,10-12H2,(H,16,17). The van der Waals surface area contributed by atoms with E-state index in [1.165, 1.54) is 0 Å². The van der Waals surface area contributed by atoms with Crippen LogP contribution in [-0.4, -0.2) is 33.3 Å². The Morgan fingerprint density at radius 3 is 2.53 bits per heavy atom. The van der Waals surface area contributed by atoms with Gasteiger partial charge in [-0.3, -0.25) is 10.00 Å². The molecular formula is C15H19N3O. The lowest BCUT2D eigenvalue weighted by Crippen LogP contribution is -2.42. The maximum atomic E-state index is 10.7. The van der Waals surface area contributed by atoms with E-state index in [0.29, 0.717) is 0 Å². The smallest absolute Gasteiger partial charge is 0.0920 e. The maximum absolute atomic E-state index is 10.7. The molecule has 1 aromatic heterocycles. The van der Waals surface area contributed by atoms with E-state index >= 15 is 0 Å². The van der Waals surface area contributed by atoms with Gasteiger partial charge in [-0.2, -0.15) is 5.10 Å². The summed E-state index contributed by atoms with van der Waals surface area (Å²) in [5, 5.41) is 17.7. The number of aromatic amines is 1. The van der Waals surface area contributed by atoms with E-state index in [2.05, 4.69) is 15.1 Å². The van der Waals surface area contributed by atoms with Gasteiger partial charge in [-0.05, 0) is 24.5 Å². The third-order valence-corrected chi connectivity index (χ3v) is 3.95. The SMILES string of the molecule is OC1(c2ccccc2)CCN(Cc2ccn[nH]2)CC1. The molecule has 1 aliphatic heterocycles. The molecule has 1 saturated heterocycles. The van der Waals surface area contributed by atoms with Crippen molar-refractivity contribution in [1.29, 1.82) is 0 Å². The van der Waals surface area contributed by atoms with Gasteiger partial charge in [0, 0.05) is 31.5 Å². The van der Waals surface area contributed by atoms with Crippen molar-refractivity contribution in [3.05, 3.63) is 53.9 Å². The molecule has 0 spiro atoms. The fourth-order valence-corrected chi connectivity index (χ4v) is 2.73. The van der Waals surface area contributed by atoms with Crippen molar-refractivity contribution in [2.45, 2.75) is 25.0 Å². The number of likely N-dealkylation sites (tertiary alicyclic amines) is 1. The van der Waals surface area contributed by atoms with E-state index in [1.807, 2.05) is 36.4 Å². The van der Waals surface area contributed by atoms with Crippen LogP contribution in [0.3, 0.4) is 0 Å². The van der Waals surface area contributed by atoms with Crippen LogP contribution in [-0.2, 0) is 12.1 Å². The first kappa shape index (κ1) is 12.4. The molecule has 0 unspecified atom stereocenters. The van der Waals surface area contributed by atoms with Gasteiger partial charge < -0.3 is 5.11 Å². The van der Waals surface area contributed by atoms with Gasteiger partial charge in [-0.15, -0.1) is 0 Å². The predicted octanol–water partition coefficient (Wildman–Crippen LogP) is 1.89. The molecular weight excluding hydrogens is 238 g/mol. The predicted molar refractivity (Wildman–Crippen MR) is 73.4 cm³/mol. The van der Waals surface area contributed by atoms with Crippen molar-refractivity contribution in [3.63, 3.8) is 0 Å². The molecule has 4 nitrogen and oxygen atoms in total. The normalized spacial score (nSPS) is 19.4. The van der Waals surface area contributed by atoms with Gasteiger partial charge in [-0.25, -0.2) is 0 Å². The first-order valence-electron chi connectivity index (χ1n) is 6.75. The Hall–Kier alpha value is -1.65. The average molecular weight is 257 g/mol. The maximum Gasteiger partial charge on any atom is 0.0920 e. The third kappa shape index (κ3) is 2.69. The number of rotatable bonds is 3. The van der Waals surface area contributed by atoms with Gasteiger partial charge in [-0.1, -0.05) is 30.3 Å². The Labute approximate surface area is 113 Å². The number of H-pyrrole nitrogens is 1. The fraction of sp³-hybridized carbons (Fsp3) is 0.400. The molecule has 19 heavy (non-hydrogen) atoms. The molecule has 2 N–H and O–H groups in total. The van der Waals surface area contributed by atoms with Gasteiger partial charge in [0.05, 0.1) is 5.60 Å². The zero-order chi connectivity index (χ0) is 13.1. The first-order chi connectivity index (χ1) is 9.26. The Morgan fingerprint density at radius 2 is 1.89 bits per heavy atom. The fourth-order valence-electron chi connectivity index (χ4n) is 2.73. The number of nitrogens with one attached hydrogen (secondary N) is 1. The summed E-state index contributed by atoms with van der Waals surface area (Å²) in [5.41, 5.74) is 1.51. The van der Waals surface area contributed by atoms with Crippen molar-refractivity contribution in [3.8, 4) is 0 Å². The Morgan fingerprint density at radius 1 is 1.16 bits per heavy atom. The molecule has 0 bridgehead atoms. The second-order valence-electron chi connectivity index (χ2n) is 5.26. The van der Waals surface area contributed by atoms with E-state index in [-0.39, 0.29) is 0 Å². The molecule has 0 aliphatic carbocycles. The van der Waals surface area contributed by atoms with Crippen LogP contribution in [0.1, 0.15) is 24.1 Å². The van der Waals surface area contributed by atoms with Gasteiger partial charge >= 0.3 is 0 Å². The van der Waals surface area contributed by atoms with Crippen LogP contribution in [0, 0.1) is 0 Å². The number of hydrogen-bond acceptors (Lipinski definition) is 3. The molecule has 0 amide bonds. The minimum atomic E-state index is -0.661. The molecule has 2 aromatic rings. The van der Waals surface area contributed by atoms with E-state index in [1.54, 1.807) is 6.20 Å². The summed E-state index contributed by atoms with van der Waals surface area (Å²) in [6.07, 6.45) is 3.34. The Bertz CT molecular complexity index is 501. The molecule has 3 rings (SSSR count). The van der Waals surface area contributed by atoms with E-state index < -0.39 is 5.60 Å². The quantitative estimate of drug-likeness (QED) is 0.883. The van der Waals surface area contributed by atoms with Crippen molar-refractivity contribution >= 4 is 0 Å². The van der Waals surface area contributed by atoms with Crippen LogP contribution < -0.4 is 0 Å². The van der Waals surface area contributed by atoms with Crippen LogP contribution in [0.4, 0.5) is 0 Å². The zero-order valence-corrected chi connectivity index (χ0v) is 10.9. The second kappa shape index (κ2) is 5.15. The number of aliphatic hydroxyl groups is 1. The molecule has 0 radical (unpaired) electrons.